The summed E-state index contributed by atoms with van der Waals surface area (Å²) in [4.78, 5) is 4.64. The number of fused-ring (bicyclic) bond motifs is 3. The summed E-state index contributed by atoms with van der Waals surface area (Å²) in [5.41, 5.74) is 7.05. The van der Waals surface area contributed by atoms with E-state index in [1.807, 2.05) is 11.8 Å². The highest BCUT2D eigenvalue weighted by atomic mass is 32.2. The van der Waals surface area contributed by atoms with Crippen LogP contribution in [0.15, 0.2) is 47.5 Å². The minimum Gasteiger partial charge on any atom is -0.277 e. The van der Waals surface area contributed by atoms with Crippen LogP contribution in [0.2, 0.25) is 0 Å². The zero-order valence-electron chi connectivity index (χ0n) is 10.0. The van der Waals surface area contributed by atoms with Gasteiger partial charge < -0.3 is 0 Å². The van der Waals surface area contributed by atoms with Crippen LogP contribution in [-0.4, -0.2) is 17.3 Å². The maximum atomic E-state index is 4.64. The summed E-state index contributed by atoms with van der Waals surface area (Å²) in [6, 6.07) is 15.4. The quantitative estimate of drug-likeness (QED) is 0.641. The largest absolute Gasteiger partial charge is 0.277 e. The molecule has 0 fully saturated rings. The van der Waals surface area contributed by atoms with E-state index in [2.05, 4.69) is 47.5 Å². The van der Waals surface area contributed by atoms with Crippen LogP contribution >= 0.6 is 11.8 Å². The van der Waals surface area contributed by atoms with Crippen molar-refractivity contribution in [1.29, 1.82) is 0 Å². The lowest BCUT2D eigenvalue weighted by atomic mass is 10.00. The summed E-state index contributed by atoms with van der Waals surface area (Å²) in [5.74, 6) is 1.13. The van der Waals surface area contributed by atoms with Crippen LogP contribution < -0.4 is 0 Å². The Balaban J connectivity index is 1.97. The molecule has 0 unspecified atom stereocenters. The zero-order valence-corrected chi connectivity index (χ0v) is 10.8. The SMILES string of the molecule is c1ccc2c(c1)Cc1cccc(C3=NCCS3)c1-2. The van der Waals surface area contributed by atoms with Gasteiger partial charge in [-0.25, -0.2) is 0 Å². The topological polar surface area (TPSA) is 12.4 Å². The monoisotopic (exact) mass is 251 g/mol. The van der Waals surface area contributed by atoms with Crippen molar-refractivity contribution < 1.29 is 0 Å². The van der Waals surface area contributed by atoms with E-state index < -0.39 is 0 Å². The number of nitrogens with zero attached hydrogens (tertiary/aromatic N) is 1. The third kappa shape index (κ3) is 1.45. The van der Waals surface area contributed by atoms with Crippen LogP contribution in [0.1, 0.15) is 16.7 Å². The number of thioether (sulfide) groups is 1. The molecule has 2 heteroatoms. The highest BCUT2D eigenvalue weighted by Crippen LogP contribution is 2.40. The van der Waals surface area contributed by atoms with E-state index in [0.717, 1.165) is 18.7 Å². The third-order valence-electron chi connectivity index (χ3n) is 3.63. The van der Waals surface area contributed by atoms with E-state index >= 15 is 0 Å². The molecule has 0 amide bonds. The number of aliphatic imine (C=N–C) groups is 1. The van der Waals surface area contributed by atoms with Gasteiger partial charge in [0.2, 0.25) is 0 Å². The molecule has 0 saturated carbocycles. The van der Waals surface area contributed by atoms with Gasteiger partial charge in [-0.15, -0.1) is 11.8 Å². The number of rotatable bonds is 1. The molecule has 2 aromatic rings. The molecule has 0 atom stereocenters. The maximum absolute atomic E-state index is 4.64. The minimum atomic E-state index is 0.964. The Labute approximate surface area is 111 Å². The molecule has 18 heavy (non-hydrogen) atoms. The average Bonchev–Trinajstić information content (AvgIpc) is 3.05. The Bertz CT molecular complexity index is 658. The lowest BCUT2D eigenvalue weighted by molar-refractivity contribution is 1.17. The lowest BCUT2D eigenvalue weighted by Crippen LogP contribution is -1.96. The first-order valence-corrected chi connectivity index (χ1v) is 7.30. The first-order valence-electron chi connectivity index (χ1n) is 6.31. The summed E-state index contributed by atoms with van der Waals surface area (Å²) in [7, 11) is 0. The van der Waals surface area contributed by atoms with Crippen molar-refractivity contribution in [2.24, 2.45) is 4.99 Å². The van der Waals surface area contributed by atoms with Crippen molar-refractivity contribution in [2.45, 2.75) is 6.42 Å². The summed E-state index contributed by atoms with van der Waals surface area (Å²) in [6.45, 7) is 0.964. The van der Waals surface area contributed by atoms with Crippen molar-refractivity contribution in [1.82, 2.24) is 0 Å². The standard InChI is InChI=1S/C16H13NS/c1-2-6-13-11(4-1)10-12-5-3-7-14(15(12)13)16-17-8-9-18-16/h1-7H,8-10H2. The second-order valence-electron chi connectivity index (χ2n) is 4.71. The molecule has 0 aromatic heterocycles. The van der Waals surface area contributed by atoms with Crippen LogP contribution in [0, 0.1) is 0 Å². The molecule has 2 aliphatic rings. The summed E-state index contributed by atoms with van der Waals surface area (Å²) in [5, 5.41) is 1.23. The van der Waals surface area contributed by atoms with Gasteiger partial charge >= 0.3 is 0 Å². The summed E-state index contributed by atoms with van der Waals surface area (Å²) in [6.07, 6.45) is 1.07. The smallest absolute Gasteiger partial charge is 0.0984 e. The van der Waals surface area contributed by atoms with Gasteiger partial charge in [-0.05, 0) is 28.7 Å². The van der Waals surface area contributed by atoms with Gasteiger partial charge in [0.05, 0.1) is 5.04 Å². The van der Waals surface area contributed by atoms with Crippen molar-refractivity contribution in [3.05, 3.63) is 59.2 Å². The molecule has 0 N–H and O–H groups in total. The van der Waals surface area contributed by atoms with E-state index in [0.29, 0.717) is 0 Å². The fraction of sp³-hybridized carbons (Fsp3) is 0.188. The average molecular weight is 251 g/mol. The Morgan fingerprint density at radius 1 is 0.889 bits per heavy atom. The molecule has 0 saturated heterocycles. The number of hydrogen-bond donors (Lipinski definition) is 0. The molecule has 1 heterocycles. The van der Waals surface area contributed by atoms with Crippen LogP contribution in [0.25, 0.3) is 11.1 Å². The summed E-state index contributed by atoms with van der Waals surface area (Å²) >= 11 is 1.89. The predicted molar refractivity (Wildman–Crippen MR) is 78.5 cm³/mol. The molecule has 1 aliphatic carbocycles. The van der Waals surface area contributed by atoms with Crippen molar-refractivity contribution in [2.75, 3.05) is 12.3 Å². The highest BCUT2D eigenvalue weighted by molar-refractivity contribution is 8.14. The fourth-order valence-electron chi connectivity index (χ4n) is 2.87. The first-order chi connectivity index (χ1) is 8.93. The van der Waals surface area contributed by atoms with Gasteiger partial charge in [-0.1, -0.05) is 42.5 Å². The minimum absolute atomic E-state index is 0.964. The van der Waals surface area contributed by atoms with E-state index in [1.54, 1.807) is 0 Å². The second kappa shape index (κ2) is 3.99. The maximum Gasteiger partial charge on any atom is 0.0984 e. The van der Waals surface area contributed by atoms with Crippen molar-refractivity contribution in [3.63, 3.8) is 0 Å². The van der Waals surface area contributed by atoms with Gasteiger partial charge in [0.1, 0.15) is 0 Å². The van der Waals surface area contributed by atoms with Crippen molar-refractivity contribution in [3.8, 4) is 11.1 Å². The zero-order chi connectivity index (χ0) is 11.9. The Morgan fingerprint density at radius 2 is 1.72 bits per heavy atom. The van der Waals surface area contributed by atoms with E-state index in [1.165, 1.54) is 32.9 Å². The molecule has 1 aliphatic heterocycles. The number of benzene rings is 2. The lowest BCUT2D eigenvalue weighted by Gasteiger charge is -2.08. The molecule has 4 rings (SSSR count). The molecule has 2 aromatic carbocycles. The Morgan fingerprint density at radius 3 is 2.61 bits per heavy atom. The predicted octanol–water partition coefficient (Wildman–Crippen LogP) is 3.75. The molecule has 0 radical (unpaired) electrons. The third-order valence-corrected chi connectivity index (χ3v) is 4.64. The second-order valence-corrected chi connectivity index (χ2v) is 5.79. The molecular weight excluding hydrogens is 238 g/mol. The fourth-order valence-corrected chi connectivity index (χ4v) is 3.75. The van der Waals surface area contributed by atoms with Crippen LogP contribution in [-0.2, 0) is 6.42 Å². The number of hydrogen-bond acceptors (Lipinski definition) is 2. The Kier molecular flexibility index (Phi) is 2.30. The van der Waals surface area contributed by atoms with Gasteiger partial charge in [0.25, 0.3) is 0 Å². The molecule has 1 nitrogen and oxygen atoms in total. The van der Waals surface area contributed by atoms with E-state index in [4.69, 9.17) is 0 Å². The van der Waals surface area contributed by atoms with Gasteiger partial charge in [-0.2, -0.15) is 0 Å². The van der Waals surface area contributed by atoms with Crippen LogP contribution in [0.3, 0.4) is 0 Å². The first kappa shape index (κ1) is 10.4. The van der Waals surface area contributed by atoms with Gasteiger partial charge in [-0.3, -0.25) is 4.99 Å². The summed E-state index contributed by atoms with van der Waals surface area (Å²) < 4.78 is 0. The molecule has 88 valence electrons. The van der Waals surface area contributed by atoms with Crippen LogP contribution in [0.4, 0.5) is 0 Å². The molecule has 0 spiro atoms. The van der Waals surface area contributed by atoms with Gasteiger partial charge in [0.15, 0.2) is 0 Å². The van der Waals surface area contributed by atoms with Gasteiger partial charge in [0, 0.05) is 17.9 Å². The van der Waals surface area contributed by atoms with E-state index in [9.17, 15) is 0 Å². The van der Waals surface area contributed by atoms with E-state index in [-0.39, 0.29) is 0 Å². The normalized spacial score (nSPS) is 16.3. The highest BCUT2D eigenvalue weighted by Gasteiger charge is 2.23. The Hall–Kier alpha value is -1.54. The molecular formula is C16H13NS. The van der Waals surface area contributed by atoms with Crippen LogP contribution in [0.5, 0.6) is 0 Å². The van der Waals surface area contributed by atoms with Crippen molar-refractivity contribution >= 4 is 16.8 Å². The molecule has 0 bridgehead atoms.